The van der Waals surface area contributed by atoms with Crippen molar-refractivity contribution in [2.75, 3.05) is 26.2 Å². The zero-order valence-corrected chi connectivity index (χ0v) is 22.2. The quantitative estimate of drug-likeness (QED) is 0.460. The number of nitrogens with zero attached hydrogens (tertiary/aromatic N) is 2. The van der Waals surface area contributed by atoms with Gasteiger partial charge in [-0.05, 0) is 47.9 Å². The average molecular weight is 548 g/mol. The van der Waals surface area contributed by atoms with Crippen molar-refractivity contribution in [2.24, 2.45) is 0 Å². The molecule has 10 nitrogen and oxygen atoms in total. The Balaban J connectivity index is 1.15. The Morgan fingerprint density at radius 3 is 2.00 bits per heavy atom. The minimum Gasteiger partial charge on any atom is -0.481 e. The van der Waals surface area contributed by atoms with Gasteiger partial charge in [-0.15, -0.1) is 0 Å². The molecule has 0 spiro atoms. The van der Waals surface area contributed by atoms with Crippen LogP contribution in [0.1, 0.15) is 55.6 Å². The Morgan fingerprint density at radius 1 is 0.800 bits per heavy atom. The van der Waals surface area contributed by atoms with E-state index >= 15 is 0 Å². The second-order valence-electron chi connectivity index (χ2n) is 10.5. The molecule has 0 aromatic heterocycles. The van der Waals surface area contributed by atoms with E-state index in [2.05, 4.69) is 17.4 Å². The molecule has 2 aliphatic heterocycles. The number of nitrogens with one attached hydrogen (secondary N) is 1. The maximum Gasteiger partial charge on any atom is 0.328 e. The van der Waals surface area contributed by atoms with Crippen LogP contribution in [-0.4, -0.2) is 82.9 Å². The van der Waals surface area contributed by atoms with Crippen molar-refractivity contribution >= 4 is 29.7 Å². The van der Waals surface area contributed by atoms with Gasteiger partial charge in [-0.1, -0.05) is 48.5 Å². The molecule has 2 aromatic rings. The van der Waals surface area contributed by atoms with Gasteiger partial charge in [0.2, 0.25) is 17.7 Å². The Bertz CT molecular complexity index is 1280. The van der Waals surface area contributed by atoms with E-state index in [4.69, 9.17) is 9.84 Å². The minimum absolute atomic E-state index is 0.0752. The average Bonchev–Trinajstić information content (AvgIpc) is 3.71. The van der Waals surface area contributed by atoms with Crippen LogP contribution in [0, 0.1) is 0 Å². The van der Waals surface area contributed by atoms with E-state index in [1.54, 1.807) is 0 Å². The van der Waals surface area contributed by atoms with Gasteiger partial charge in [0.05, 0.1) is 13.0 Å². The monoisotopic (exact) mass is 547 g/mol. The Labute approximate surface area is 232 Å². The summed E-state index contributed by atoms with van der Waals surface area (Å²) in [5, 5.41) is 11.4. The summed E-state index contributed by atoms with van der Waals surface area (Å²) in [4.78, 5) is 65.0. The molecule has 3 aliphatic rings. The summed E-state index contributed by atoms with van der Waals surface area (Å²) in [5.41, 5.74) is 4.50. The smallest absolute Gasteiger partial charge is 0.328 e. The number of esters is 1. The van der Waals surface area contributed by atoms with Gasteiger partial charge >= 0.3 is 11.9 Å². The predicted molar refractivity (Wildman–Crippen MR) is 144 cm³/mol. The lowest BCUT2D eigenvalue weighted by Crippen LogP contribution is -2.50. The molecular weight excluding hydrogens is 514 g/mol. The third-order valence-corrected chi connectivity index (χ3v) is 8.04. The predicted octanol–water partition coefficient (Wildman–Crippen LogP) is 2.31. The number of carboxylic acid groups (broad SMARTS) is 1. The number of carboxylic acids is 1. The van der Waals surface area contributed by atoms with Crippen LogP contribution in [0.3, 0.4) is 0 Å². The van der Waals surface area contributed by atoms with E-state index in [-0.39, 0.29) is 43.7 Å². The van der Waals surface area contributed by atoms with Gasteiger partial charge in [0.1, 0.15) is 18.7 Å². The summed E-state index contributed by atoms with van der Waals surface area (Å²) in [6.45, 7) is 0.655. The fraction of sp³-hybridized carbons (Fsp3) is 0.433. The largest absolute Gasteiger partial charge is 0.481 e. The van der Waals surface area contributed by atoms with Gasteiger partial charge in [-0.3, -0.25) is 19.2 Å². The molecule has 0 radical (unpaired) electrons. The van der Waals surface area contributed by atoms with E-state index in [0.29, 0.717) is 38.8 Å². The number of benzene rings is 2. The number of rotatable bonds is 9. The van der Waals surface area contributed by atoms with Gasteiger partial charge in [0.15, 0.2) is 0 Å². The summed E-state index contributed by atoms with van der Waals surface area (Å²) in [7, 11) is 0. The maximum absolute atomic E-state index is 13.1. The zero-order valence-electron chi connectivity index (χ0n) is 22.2. The first-order chi connectivity index (χ1) is 19.3. The molecule has 210 valence electrons. The summed E-state index contributed by atoms with van der Waals surface area (Å²) in [6.07, 6.45) is 1.75. The van der Waals surface area contributed by atoms with Crippen LogP contribution in [0.25, 0.3) is 11.1 Å². The highest BCUT2D eigenvalue weighted by atomic mass is 16.5. The van der Waals surface area contributed by atoms with E-state index < -0.39 is 29.9 Å². The lowest BCUT2D eigenvalue weighted by Gasteiger charge is -2.26. The molecule has 2 N–H and O–H groups in total. The first-order valence-corrected chi connectivity index (χ1v) is 13.8. The fourth-order valence-electron chi connectivity index (χ4n) is 6.09. The van der Waals surface area contributed by atoms with Crippen molar-refractivity contribution in [3.63, 3.8) is 0 Å². The van der Waals surface area contributed by atoms with Crippen molar-refractivity contribution in [2.45, 2.75) is 56.5 Å². The van der Waals surface area contributed by atoms with E-state index in [9.17, 15) is 24.0 Å². The molecular formula is C30H33N3O7. The van der Waals surface area contributed by atoms with Crippen molar-refractivity contribution in [1.29, 1.82) is 0 Å². The standard InChI is InChI=1S/C30H33N3O7/c34-26(13-14-28(36)37)32-15-5-11-24(32)29(38)31-17-27(35)33-16-6-12-25(33)30(39)40-18-23-21-9-3-1-7-19(21)20-8-2-4-10-22(20)23/h1-4,7-10,23-25H,5-6,11-18H2,(H,31,38)(H,36,37)/t24-,25-/m0/s1. The highest BCUT2D eigenvalue weighted by molar-refractivity contribution is 5.93. The number of hydrogen-bond donors (Lipinski definition) is 2. The minimum atomic E-state index is -1.07. The molecule has 0 bridgehead atoms. The lowest BCUT2D eigenvalue weighted by atomic mass is 9.98. The number of amides is 3. The van der Waals surface area contributed by atoms with Crippen molar-refractivity contribution < 1.29 is 33.8 Å². The molecule has 2 heterocycles. The van der Waals surface area contributed by atoms with E-state index in [1.807, 2.05) is 36.4 Å². The summed E-state index contributed by atoms with van der Waals surface area (Å²) < 4.78 is 5.78. The van der Waals surface area contributed by atoms with Crippen LogP contribution in [0.5, 0.6) is 0 Å². The third-order valence-electron chi connectivity index (χ3n) is 8.04. The topological polar surface area (TPSA) is 133 Å². The van der Waals surface area contributed by atoms with Crippen LogP contribution in [0.2, 0.25) is 0 Å². The summed E-state index contributed by atoms with van der Waals surface area (Å²) >= 11 is 0. The number of ether oxygens (including phenoxy) is 1. The molecule has 2 aromatic carbocycles. The van der Waals surface area contributed by atoms with Crippen molar-refractivity contribution in [3.05, 3.63) is 59.7 Å². The number of fused-ring (bicyclic) bond motifs is 3. The highest BCUT2D eigenvalue weighted by Gasteiger charge is 2.38. The third kappa shape index (κ3) is 5.57. The zero-order chi connectivity index (χ0) is 28.2. The number of likely N-dealkylation sites (tertiary alicyclic amines) is 2. The van der Waals surface area contributed by atoms with Gasteiger partial charge in [0.25, 0.3) is 0 Å². The highest BCUT2D eigenvalue weighted by Crippen LogP contribution is 2.44. The molecule has 10 heteroatoms. The molecule has 2 fully saturated rings. The molecule has 40 heavy (non-hydrogen) atoms. The maximum atomic E-state index is 13.1. The van der Waals surface area contributed by atoms with Crippen molar-refractivity contribution in [1.82, 2.24) is 15.1 Å². The molecule has 0 unspecified atom stereocenters. The van der Waals surface area contributed by atoms with Crippen LogP contribution in [-0.2, 0) is 28.7 Å². The second kappa shape index (κ2) is 11.9. The van der Waals surface area contributed by atoms with E-state index in [1.165, 1.54) is 9.80 Å². The van der Waals surface area contributed by atoms with Crippen LogP contribution >= 0.6 is 0 Å². The number of aliphatic carboxylic acids is 1. The SMILES string of the molecule is O=C(O)CCC(=O)N1CCC[C@H]1C(=O)NCC(=O)N1CCC[C@H]1C(=O)OCC1c2ccccc2-c2ccccc21. The molecule has 2 atom stereocenters. The Hall–Kier alpha value is -4.21. The second-order valence-corrected chi connectivity index (χ2v) is 10.5. The Morgan fingerprint density at radius 2 is 1.38 bits per heavy atom. The van der Waals surface area contributed by atoms with Gasteiger partial charge in [0, 0.05) is 25.4 Å². The van der Waals surface area contributed by atoms with E-state index in [0.717, 1.165) is 22.3 Å². The summed E-state index contributed by atoms with van der Waals surface area (Å²) in [6, 6.07) is 14.7. The molecule has 2 saturated heterocycles. The van der Waals surface area contributed by atoms with Gasteiger partial charge < -0.3 is 25.0 Å². The first-order valence-electron chi connectivity index (χ1n) is 13.8. The first kappa shape index (κ1) is 27.4. The molecule has 0 saturated carbocycles. The number of carbonyl (C=O) groups excluding carboxylic acids is 4. The number of carbonyl (C=O) groups is 5. The van der Waals surface area contributed by atoms with Crippen LogP contribution in [0.15, 0.2) is 48.5 Å². The summed E-state index contributed by atoms with van der Waals surface area (Å²) in [5.74, 6) is -2.83. The fourth-order valence-corrected chi connectivity index (χ4v) is 6.09. The Kier molecular flexibility index (Phi) is 8.14. The van der Waals surface area contributed by atoms with Crippen LogP contribution in [0.4, 0.5) is 0 Å². The van der Waals surface area contributed by atoms with Gasteiger partial charge in [-0.2, -0.15) is 0 Å². The number of hydrogen-bond acceptors (Lipinski definition) is 6. The normalized spacial score (nSPS) is 19.7. The molecule has 5 rings (SSSR count). The van der Waals surface area contributed by atoms with Gasteiger partial charge in [-0.25, -0.2) is 4.79 Å². The van der Waals surface area contributed by atoms with Crippen molar-refractivity contribution in [3.8, 4) is 11.1 Å². The molecule has 3 amide bonds. The van der Waals surface area contributed by atoms with Crippen LogP contribution < -0.4 is 5.32 Å². The lowest BCUT2D eigenvalue weighted by molar-refractivity contribution is -0.153. The molecule has 1 aliphatic carbocycles.